The van der Waals surface area contributed by atoms with Gasteiger partial charge in [-0.3, -0.25) is 0 Å². The molecule has 1 aliphatic rings. The van der Waals surface area contributed by atoms with Crippen molar-refractivity contribution in [3.8, 4) is 0 Å². The van der Waals surface area contributed by atoms with Crippen LogP contribution in [-0.2, 0) is 11.3 Å². The third kappa shape index (κ3) is 4.80. The Labute approximate surface area is 122 Å². The molecule has 0 aromatic carbocycles. The van der Waals surface area contributed by atoms with E-state index in [1.807, 2.05) is 6.20 Å². The molecule has 1 aliphatic heterocycles. The highest BCUT2D eigenvalue weighted by Gasteiger charge is 2.15. The summed E-state index contributed by atoms with van der Waals surface area (Å²) < 4.78 is 7.29. The van der Waals surface area contributed by atoms with Gasteiger partial charge in [0.05, 0.1) is 0 Å². The SMILES string of the molecule is COCCCNc1nccn1CC(C)CN1CCCC1. The molecule has 1 atom stereocenters. The van der Waals surface area contributed by atoms with Gasteiger partial charge < -0.3 is 19.5 Å². The van der Waals surface area contributed by atoms with E-state index in [0.29, 0.717) is 5.92 Å². The van der Waals surface area contributed by atoms with E-state index >= 15 is 0 Å². The number of rotatable bonds is 9. The molecule has 0 aliphatic carbocycles. The third-order valence-electron chi connectivity index (χ3n) is 3.80. The van der Waals surface area contributed by atoms with E-state index in [0.717, 1.165) is 32.1 Å². The van der Waals surface area contributed by atoms with Crippen LogP contribution in [0, 0.1) is 5.92 Å². The highest BCUT2D eigenvalue weighted by Crippen LogP contribution is 2.13. The Morgan fingerprint density at radius 3 is 2.90 bits per heavy atom. The zero-order chi connectivity index (χ0) is 14.2. The minimum Gasteiger partial charge on any atom is -0.385 e. The molecule has 5 heteroatoms. The van der Waals surface area contributed by atoms with E-state index in [1.165, 1.54) is 32.5 Å². The highest BCUT2D eigenvalue weighted by molar-refractivity contribution is 5.25. The molecular weight excluding hydrogens is 252 g/mol. The van der Waals surface area contributed by atoms with E-state index in [9.17, 15) is 0 Å². The van der Waals surface area contributed by atoms with E-state index in [2.05, 4.69) is 32.9 Å². The van der Waals surface area contributed by atoms with Crippen LogP contribution in [0.15, 0.2) is 12.4 Å². The van der Waals surface area contributed by atoms with Gasteiger partial charge in [0.1, 0.15) is 0 Å². The van der Waals surface area contributed by atoms with Gasteiger partial charge >= 0.3 is 0 Å². The second-order valence-corrected chi connectivity index (χ2v) is 5.79. The molecule has 0 bridgehead atoms. The van der Waals surface area contributed by atoms with Crippen LogP contribution >= 0.6 is 0 Å². The topological polar surface area (TPSA) is 42.3 Å². The quantitative estimate of drug-likeness (QED) is 0.703. The number of likely N-dealkylation sites (tertiary alicyclic amines) is 1. The summed E-state index contributed by atoms with van der Waals surface area (Å²) in [6.45, 7) is 8.80. The molecule has 114 valence electrons. The van der Waals surface area contributed by atoms with E-state index < -0.39 is 0 Å². The zero-order valence-electron chi connectivity index (χ0n) is 12.8. The van der Waals surface area contributed by atoms with Crippen molar-refractivity contribution < 1.29 is 4.74 Å². The minimum absolute atomic E-state index is 0.654. The van der Waals surface area contributed by atoms with Crippen molar-refractivity contribution >= 4 is 5.95 Å². The molecule has 20 heavy (non-hydrogen) atoms. The van der Waals surface area contributed by atoms with Crippen LogP contribution in [0.2, 0.25) is 0 Å². The van der Waals surface area contributed by atoms with Crippen LogP contribution in [0.3, 0.4) is 0 Å². The molecule has 1 fully saturated rings. The number of nitrogens with zero attached hydrogens (tertiary/aromatic N) is 3. The number of nitrogens with one attached hydrogen (secondary N) is 1. The normalized spacial score (nSPS) is 17.5. The molecular formula is C15H28N4O. The zero-order valence-corrected chi connectivity index (χ0v) is 12.8. The largest absolute Gasteiger partial charge is 0.385 e. The summed E-state index contributed by atoms with van der Waals surface area (Å²) in [6.07, 6.45) is 7.68. The molecule has 1 aromatic rings. The summed E-state index contributed by atoms with van der Waals surface area (Å²) in [5, 5.41) is 3.39. The number of anilines is 1. The first-order valence-electron chi connectivity index (χ1n) is 7.76. The maximum Gasteiger partial charge on any atom is 0.202 e. The molecule has 0 amide bonds. The van der Waals surface area contributed by atoms with Crippen molar-refractivity contribution in [3.05, 3.63) is 12.4 Å². The van der Waals surface area contributed by atoms with E-state index in [4.69, 9.17) is 4.74 Å². The third-order valence-corrected chi connectivity index (χ3v) is 3.80. The van der Waals surface area contributed by atoms with Crippen LogP contribution in [-0.4, -0.2) is 54.3 Å². The number of aromatic nitrogens is 2. The second kappa shape index (κ2) is 8.27. The van der Waals surface area contributed by atoms with Crippen LogP contribution in [0.1, 0.15) is 26.2 Å². The van der Waals surface area contributed by atoms with E-state index in [-0.39, 0.29) is 0 Å². The van der Waals surface area contributed by atoms with Crippen LogP contribution in [0.25, 0.3) is 0 Å². The lowest BCUT2D eigenvalue weighted by molar-refractivity contribution is 0.197. The smallest absolute Gasteiger partial charge is 0.202 e. The van der Waals surface area contributed by atoms with Crippen LogP contribution in [0.5, 0.6) is 0 Å². The average Bonchev–Trinajstić information content (AvgIpc) is 3.07. The second-order valence-electron chi connectivity index (χ2n) is 5.79. The van der Waals surface area contributed by atoms with Gasteiger partial charge in [-0.2, -0.15) is 0 Å². The molecule has 1 aromatic heterocycles. The van der Waals surface area contributed by atoms with Gasteiger partial charge in [-0.25, -0.2) is 4.98 Å². The van der Waals surface area contributed by atoms with Crippen molar-refractivity contribution in [2.24, 2.45) is 5.92 Å². The standard InChI is InChI=1S/C15H28N4O/c1-14(12-18-8-3-4-9-18)13-19-10-7-17-15(19)16-6-5-11-20-2/h7,10,14H,3-6,8-9,11-13H2,1-2H3,(H,16,17). The Morgan fingerprint density at radius 1 is 1.35 bits per heavy atom. The van der Waals surface area contributed by atoms with Gasteiger partial charge in [-0.15, -0.1) is 0 Å². The Kier molecular flexibility index (Phi) is 6.33. The molecule has 2 rings (SSSR count). The van der Waals surface area contributed by atoms with Crippen LogP contribution < -0.4 is 5.32 Å². The number of hydrogen-bond donors (Lipinski definition) is 1. The lowest BCUT2D eigenvalue weighted by atomic mass is 10.1. The number of ether oxygens (including phenoxy) is 1. The fourth-order valence-electron chi connectivity index (χ4n) is 2.84. The molecule has 0 radical (unpaired) electrons. The van der Waals surface area contributed by atoms with Crippen molar-refractivity contribution in [2.75, 3.05) is 45.2 Å². The summed E-state index contributed by atoms with van der Waals surface area (Å²) in [5.41, 5.74) is 0. The predicted molar refractivity (Wildman–Crippen MR) is 82.0 cm³/mol. The number of hydrogen-bond acceptors (Lipinski definition) is 4. The molecule has 1 saturated heterocycles. The average molecular weight is 280 g/mol. The first-order valence-corrected chi connectivity index (χ1v) is 7.76. The van der Waals surface area contributed by atoms with Gasteiger partial charge in [0.15, 0.2) is 0 Å². The maximum absolute atomic E-state index is 5.06. The summed E-state index contributed by atoms with van der Waals surface area (Å²) in [6, 6.07) is 0. The highest BCUT2D eigenvalue weighted by atomic mass is 16.5. The Balaban J connectivity index is 1.75. The molecule has 2 heterocycles. The van der Waals surface area contributed by atoms with Gasteiger partial charge in [-0.1, -0.05) is 6.92 Å². The molecule has 5 nitrogen and oxygen atoms in total. The van der Waals surface area contributed by atoms with Gasteiger partial charge in [0.2, 0.25) is 5.95 Å². The number of methoxy groups -OCH3 is 1. The van der Waals surface area contributed by atoms with Crippen molar-refractivity contribution in [1.82, 2.24) is 14.5 Å². The lowest BCUT2D eigenvalue weighted by Crippen LogP contribution is -2.27. The fraction of sp³-hybridized carbons (Fsp3) is 0.800. The Hall–Kier alpha value is -1.07. The lowest BCUT2D eigenvalue weighted by Gasteiger charge is -2.21. The van der Waals surface area contributed by atoms with Gasteiger partial charge in [-0.05, 0) is 38.3 Å². The first-order chi connectivity index (χ1) is 9.79. The first kappa shape index (κ1) is 15.3. The summed E-state index contributed by atoms with van der Waals surface area (Å²) >= 11 is 0. The fourth-order valence-corrected chi connectivity index (χ4v) is 2.84. The Morgan fingerprint density at radius 2 is 2.15 bits per heavy atom. The molecule has 0 saturated carbocycles. The van der Waals surface area contributed by atoms with E-state index in [1.54, 1.807) is 7.11 Å². The summed E-state index contributed by atoms with van der Waals surface area (Å²) in [4.78, 5) is 6.97. The molecule has 1 N–H and O–H groups in total. The Bertz CT molecular complexity index is 374. The van der Waals surface area contributed by atoms with Crippen molar-refractivity contribution in [1.29, 1.82) is 0 Å². The molecule has 0 spiro atoms. The molecule has 1 unspecified atom stereocenters. The monoisotopic (exact) mass is 280 g/mol. The van der Waals surface area contributed by atoms with Gasteiger partial charge in [0, 0.05) is 45.7 Å². The van der Waals surface area contributed by atoms with Crippen molar-refractivity contribution in [3.63, 3.8) is 0 Å². The summed E-state index contributed by atoms with van der Waals surface area (Å²) in [7, 11) is 1.74. The summed E-state index contributed by atoms with van der Waals surface area (Å²) in [5.74, 6) is 1.64. The minimum atomic E-state index is 0.654. The van der Waals surface area contributed by atoms with Gasteiger partial charge in [0.25, 0.3) is 0 Å². The van der Waals surface area contributed by atoms with Crippen LogP contribution in [0.4, 0.5) is 5.95 Å². The van der Waals surface area contributed by atoms with Crippen molar-refractivity contribution in [2.45, 2.75) is 32.7 Å². The predicted octanol–water partition coefficient (Wildman–Crippen LogP) is 2.06. The maximum atomic E-state index is 5.06. The number of imidazole rings is 1.